The van der Waals surface area contributed by atoms with Crippen molar-refractivity contribution in [3.63, 3.8) is 0 Å². The van der Waals surface area contributed by atoms with Crippen LogP contribution in [0, 0.1) is 0 Å². The van der Waals surface area contributed by atoms with E-state index in [-0.39, 0.29) is 0 Å². The average Bonchev–Trinajstić information content (AvgIpc) is 3.15. The van der Waals surface area contributed by atoms with Gasteiger partial charge in [-0.25, -0.2) is 0 Å². The smallest absolute Gasteiger partial charge is 0.0541 e. The molecule has 5 aromatic rings. The molecule has 5 rings (SSSR count). The van der Waals surface area contributed by atoms with Crippen molar-refractivity contribution in [1.29, 1.82) is 0 Å². The summed E-state index contributed by atoms with van der Waals surface area (Å²) in [4.78, 5) is 2.37. The molecule has 30 heavy (non-hydrogen) atoms. The van der Waals surface area contributed by atoms with Gasteiger partial charge in [-0.2, -0.15) is 0 Å². The lowest BCUT2D eigenvalue weighted by Crippen LogP contribution is -2.21. The highest BCUT2D eigenvalue weighted by Gasteiger charge is 2.12. The van der Waals surface area contributed by atoms with Crippen LogP contribution in [0.15, 0.2) is 97.1 Å². The molecule has 0 aliphatic rings. The lowest BCUT2D eigenvalue weighted by atomic mass is 10.0. The molecule has 0 amide bonds. The van der Waals surface area contributed by atoms with E-state index in [9.17, 15) is 0 Å². The second-order valence-corrected chi connectivity index (χ2v) is 7.64. The van der Waals surface area contributed by atoms with Gasteiger partial charge in [-0.15, -0.1) is 0 Å². The molecule has 4 aromatic carbocycles. The van der Waals surface area contributed by atoms with Gasteiger partial charge in [0.05, 0.1) is 11.0 Å². The van der Waals surface area contributed by atoms with Crippen LogP contribution in [0.4, 0.5) is 5.69 Å². The van der Waals surface area contributed by atoms with E-state index in [1.807, 2.05) is 0 Å². The van der Waals surface area contributed by atoms with Gasteiger partial charge >= 0.3 is 0 Å². The van der Waals surface area contributed by atoms with Crippen molar-refractivity contribution in [2.24, 2.45) is 0 Å². The number of hydrogen-bond acceptors (Lipinski definition) is 1. The summed E-state index contributed by atoms with van der Waals surface area (Å²) in [5.74, 6) is 0. The summed E-state index contributed by atoms with van der Waals surface area (Å²) in [7, 11) is 0. The Morgan fingerprint density at radius 3 is 1.80 bits per heavy atom. The Morgan fingerprint density at radius 2 is 1.20 bits per heavy atom. The van der Waals surface area contributed by atoms with E-state index < -0.39 is 0 Å². The van der Waals surface area contributed by atoms with Gasteiger partial charge in [-0.05, 0) is 61.4 Å². The van der Waals surface area contributed by atoms with E-state index in [0.29, 0.717) is 0 Å². The molecule has 0 unspecified atom stereocenters. The maximum absolute atomic E-state index is 2.37. The highest BCUT2D eigenvalue weighted by Crippen LogP contribution is 2.33. The van der Waals surface area contributed by atoms with Crippen LogP contribution in [0.5, 0.6) is 0 Å². The summed E-state index contributed by atoms with van der Waals surface area (Å²) in [6, 6.07) is 35.1. The molecule has 0 saturated heterocycles. The normalized spacial score (nSPS) is 11.3. The third-order valence-electron chi connectivity index (χ3n) is 6.01. The summed E-state index contributed by atoms with van der Waals surface area (Å²) in [5, 5.41) is 2.59. The fourth-order valence-corrected chi connectivity index (χ4v) is 4.48. The van der Waals surface area contributed by atoms with Crippen molar-refractivity contribution in [2.75, 3.05) is 18.0 Å². The van der Waals surface area contributed by atoms with E-state index in [1.165, 1.54) is 44.3 Å². The minimum Gasteiger partial charge on any atom is -0.372 e. The molecule has 1 heterocycles. The van der Waals surface area contributed by atoms with Crippen molar-refractivity contribution in [1.82, 2.24) is 4.57 Å². The van der Waals surface area contributed by atoms with Crippen LogP contribution in [-0.2, 0) is 0 Å². The second kappa shape index (κ2) is 7.72. The van der Waals surface area contributed by atoms with E-state index in [4.69, 9.17) is 0 Å². The van der Waals surface area contributed by atoms with E-state index in [2.05, 4.69) is 120 Å². The average molecular weight is 391 g/mol. The predicted molar refractivity (Wildman–Crippen MR) is 130 cm³/mol. The topological polar surface area (TPSA) is 8.17 Å². The highest BCUT2D eigenvalue weighted by atomic mass is 15.1. The molecule has 2 heteroatoms. The van der Waals surface area contributed by atoms with Crippen LogP contribution in [0.1, 0.15) is 13.8 Å². The van der Waals surface area contributed by atoms with E-state index >= 15 is 0 Å². The summed E-state index contributed by atoms with van der Waals surface area (Å²) in [6.07, 6.45) is 0. The third kappa shape index (κ3) is 3.05. The summed E-state index contributed by atoms with van der Waals surface area (Å²) in [6.45, 7) is 6.46. The predicted octanol–water partition coefficient (Wildman–Crippen LogP) is 7.30. The molecule has 0 radical (unpaired) electrons. The lowest BCUT2D eigenvalue weighted by Gasteiger charge is -2.21. The van der Waals surface area contributed by atoms with Gasteiger partial charge < -0.3 is 9.47 Å². The Hall–Kier alpha value is -3.52. The Bertz CT molecular complexity index is 1250. The summed E-state index contributed by atoms with van der Waals surface area (Å²) in [5.41, 5.74) is 7.44. The number of fused-ring (bicyclic) bond motifs is 3. The van der Waals surface area contributed by atoms with Crippen molar-refractivity contribution in [2.45, 2.75) is 13.8 Å². The Kier molecular flexibility index (Phi) is 4.76. The number of para-hydroxylation sites is 2. The minimum absolute atomic E-state index is 1.03. The Morgan fingerprint density at radius 1 is 0.600 bits per heavy atom. The fraction of sp³-hybridized carbons (Fsp3) is 0.143. The molecule has 0 bridgehead atoms. The quantitative estimate of drug-likeness (QED) is 0.306. The first kappa shape index (κ1) is 18.5. The molecule has 0 saturated carbocycles. The number of benzene rings is 4. The molecular weight excluding hydrogens is 364 g/mol. The van der Waals surface area contributed by atoms with Crippen molar-refractivity contribution < 1.29 is 0 Å². The van der Waals surface area contributed by atoms with Gasteiger partial charge in [0.15, 0.2) is 0 Å². The monoisotopic (exact) mass is 390 g/mol. The van der Waals surface area contributed by atoms with Crippen LogP contribution in [-0.4, -0.2) is 17.7 Å². The van der Waals surface area contributed by atoms with E-state index in [1.54, 1.807) is 0 Å². The first-order chi connectivity index (χ1) is 14.8. The summed E-state index contributed by atoms with van der Waals surface area (Å²) >= 11 is 0. The number of anilines is 1. The van der Waals surface area contributed by atoms with Gasteiger partial charge in [-0.3, -0.25) is 0 Å². The molecule has 1 aromatic heterocycles. The van der Waals surface area contributed by atoms with Crippen molar-refractivity contribution in [3.05, 3.63) is 97.1 Å². The molecule has 0 aliphatic heterocycles. The maximum Gasteiger partial charge on any atom is 0.0541 e. The van der Waals surface area contributed by atoms with Crippen LogP contribution in [0.2, 0.25) is 0 Å². The lowest BCUT2D eigenvalue weighted by molar-refractivity contribution is 0.866. The maximum atomic E-state index is 2.37. The minimum atomic E-state index is 1.03. The molecule has 148 valence electrons. The van der Waals surface area contributed by atoms with Gasteiger partial charge in [0.1, 0.15) is 0 Å². The second-order valence-electron chi connectivity index (χ2n) is 7.64. The highest BCUT2D eigenvalue weighted by molar-refractivity contribution is 6.09. The van der Waals surface area contributed by atoms with Crippen molar-refractivity contribution in [3.8, 4) is 16.8 Å². The molecular formula is C28H26N2. The van der Waals surface area contributed by atoms with E-state index in [0.717, 1.165) is 13.1 Å². The summed E-state index contributed by atoms with van der Waals surface area (Å²) < 4.78 is 2.37. The number of hydrogen-bond donors (Lipinski definition) is 0. The standard InChI is InChI=1S/C28H26N2/c1-3-29(4-2)23-18-16-21(17-19-23)22-10-9-11-24(20-22)30-27-14-7-5-12-25(27)26-13-6-8-15-28(26)30/h5-20H,3-4H2,1-2H3. The first-order valence-corrected chi connectivity index (χ1v) is 10.7. The zero-order valence-electron chi connectivity index (χ0n) is 17.5. The molecule has 0 spiro atoms. The fourth-order valence-electron chi connectivity index (χ4n) is 4.48. The van der Waals surface area contributed by atoms with Crippen molar-refractivity contribution >= 4 is 27.5 Å². The van der Waals surface area contributed by atoms with Crippen LogP contribution >= 0.6 is 0 Å². The largest absolute Gasteiger partial charge is 0.372 e. The van der Waals surface area contributed by atoms with Gasteiger partial charge in [0.2, 0.25) is 0 Å². The first-order valence-electron chi connectivity index (χ1n) is 10.7. The number of aromatic nitrogens is 1. The molecule has 0 N–H and O–H groups in total. The zero-order chi connectivity index (χ0) is 20.5. The van der Waals surface area contributed by atoms with Crippen LogP contribution in [0.3, 0.4) is 0 Å². The molecule has 0 aliphatic carbocycles. The SMILES string of the molecule is CCN(CC)c1ccc(-c2cccc(-n3c4ccccc4c4ccccc43)c2)cc1. The van der Waals surface area contributed by atoms with Gasteiger partial charge in [0.25, 0.3) is 0 Å². The zero-order valence-corrected chi connectivity index (χ0v) is 17.5. The Balaban J connectivity index is 1.62. The Labute approximate surface area is 178 Å². The van der Waals surface area contributed by atoms with Gasteiger partial charge in [0, 0.05) is 35.2 Å². The molecule has 2 nitrogen and oxygen atoms in total. The molecule has 0 fully saturated rings. The van der Waals surface area contributed by atoms with Crippen LogP contribution in [0.25, 0.3) is 38.6 Å². The number of nitrogens with zero attached hydrogens (tertiary/aromatic N) is 2. The number of rotatable bonds is 5. The molecule has 0 atom stereocenters. The third-order valence-corrected chi connectivity index (χ3v) is 6.01. The van der Waals surface area contributed by atoms with Gasteiger partial charge in [-0.1, -0.05) is 60.7 Å². The van der Waals surface area contributed by atoms with Crippen LogP contribution < -0.4 is 4.90 Å².